The zero-order chi connectivity index (χ0) is 13.9. The van der Waals surface area contributed by atoms with E-state index in [1.165, 1.54) is 16.5 Å². The number of rotatable bonds is 5. The largest absolute Gasteiger partial charge is 0.361 e. The van der Waals surface area contributed by atoms with Crippen molar-refractivity contribution < 1.29 is 0 Å². The van der Waals surface area contributed by atoms with Crippen LogP contribution < -0.4 is 10.6 Å². The van der Waals surface area contributed by atoms with Crippen molar-refractivity contribution in [2.45, 2.75) is 45.8 Å². The molecule has 104 valence electrons. The van der Waals surface area contributed by atoms with Gasteiger partial charge in [-0.15, -0.1) is 0 Å². The zero-order valence-corrected chi connectivity index (χ0v) is 12.4. The molecule has 0 radical (unpaired) electrons. The van der Waals surface area contributed by atoms with E-state index in [-0.39, 0.29) is 5.54 Å². The van der Waals surface area contributed by atoms with Crippen molar-refractivity contribution >= 4 is 10.9 Å². The van der Waals surface area contributed by atoms with Crippen LogP contribution in [-0.4, -0.2) is 23.1 Å². The van der Waals surface area contributed by atoms with Crippen molar-refractivity contribution in [3.63, 3.8) is 0 Å². The molecule has 0 bridgehead atoms. The first-order chi connectivity index (χ1) is 8.96. The third-order valence-corrected chi connectivity index (χ3v) is 3.26. The van der Waals surface area contributed by atoms with Gasteiger partial charge in [-0.3, -0.25) is 0 Å². The zero-order valence-electron chi connectivity index (χ0n) is 12.4. The fourth-order valence-corrected chi connectivity index (χ4v) is 2.12. The van der Waals surface area contributed by atoms with E-state index in [0.717, 1.165) is 13.1 Å². The number of H-pyrrole nitrogens is 1. The molecule has 3 N–H and O–H groups in total. The summed E-state index contributed by atoms with van der Waals surface area (Å²) in [7, 11) is 0. The summed E-state index contributed by atoms with van der Waals surface area (Å²) in [6, 6.07) is 9.00. The number of aromatic amines is 1. The highest BCUT2D eigenvalue weighted by atomic mass is 15.0. The Hall–Kier alpha value is -1.32. The van der Waals surface area contributed by atoms with E-state index in [9.17, 15) is 0 Å². The van der Waals surface area contributed by atoms with Gasteiger partial charge in [-0.05, 0) is 45.4 Å². The average Bonchev–Trinajstić information content (AvgIpc) is 2.81. The molecule has 1 heterocycles. The van der Waals surface area contributed by atoms with Crippen molar-refractivity contribution in [3.8, 4) is 0 Å². The quantitative estimate of drug-likeness (QED) is 0.772. The highest BCUT2D eigenvalue weighted by Gasteiger charge is 2.11. The van der Waals surface area contributed by atoms with Crippen LogP contribution in [0.3, 0.4) is 0 Å². The first kappa shape index (κ1) is 14.1. The highest BCUT2D eigenvalue weighted by molar-refractivity contribution is 5.82. The fraction of sp³-hybridized carbons (Fsp3) is 0.500. The van der Waals surface area contributed by atoms with E-state index in [4.69, 9.17) is 0 Å². The molecule has 0 aliphatic heterocycles. The van der Waals surface area contributed by atoms with Gasteiger partial charge in [0.05, 0.1) is 0 Å². The lowest BCUT2D eigenvalue weighted by molar-refractivity contribution is 0.387. The smallest absolute Gasteiger partial charge is 0.0457 e. The Morgan fingerprint density at radius 1 is 1.21 bits per heavy atom. The normalized spacial score (nSPS) is 13.9. The Morgan fingerprint density at radius 2 is 2.00 bits per heavy atom. The van der Waals surface area contributed by atoms with Gasteiger partial charge >= 0.3 is 0 Å². The molecule has 0 fully saturated rings. The molecule has 0 saturated carbocycles. The number of nitrogens with one attached hydrogen (secondary N) is 3. The van der Waals surface area contributed by atoms with Gasteiger partial charge in [-0.2, -0.15) is 0 Å². The van der Waals surface area contributed by atoms with Crippen LogP contribution >= 0.6 is 0 Å². The Bertz CT molecular complexity index is 522. The molecule has 0 saturated heterocycles. The number of hydrogen-bond donors (Lipinski definition) is 3. The highest BCUT2D eigenvalue weighted by Crippen LogP contribution is 2.17. The van der Waals surface area contributed by atoms with Crippen molar-refractivity contribution in [3.05, 3.63) is 36.0 Å². The summed E-state index contributed by atoms with van der Waals surface area (Å²) in [6.07, 6.45) is 2.00. The van der Waals surface area contributed by atoms with Crippen LogP contribution in [0, 0.1) is 0 Å². The van der Waals surface area contributed by atoms with Gasteiger partial charge in [0.2, 0.25) is 0 Å². The number of aromatic nitrogens is 1. The van der Waals surface area contributed by atoms with Crippen LogP contribution in [-0.2, 0) is 6.54 Å². The molecule has 3 nitrogen and oxygen atoms in total. The van der Waals surface area contributed by atoms with E-state index in [0.29, 0.717) is 6.04 Å². The lowest BCUT2D eigenvalue weighted by Crippen LogP contribution is -2.44. The van der Waals surface area contributed by atoms with Crippen LogP contribution in [0.15, 0.2) is 30.5 Å². The molecule has 0 amide bonds. The van der Waals surface area contributed by atoms with Crippen LogP contribution in [0.25, 0.3) is 10.9 Å². The van der Waals surface area contributed by atoms with Crippen molar-refractivity contribution in [1.29, 1.82) is 0 Å². The maximum Gasteiger partial charge on any atom is 0.0457 e. The van der Waals surface area contributed by atoms with Crippen LogP contribution in [0.4, 0.5) is 0 Å². The van der Waals surface area contributed by atoms with Crippen molar-refractivity contribution in [1.82, 2.24) is 15.6 Å². The minimum Gasteiger partial charge on any atom is -0.361 e. The Morgan fingerprint density at radius 3 is 2.74 bits per heavy atom. The summed E-state index contributed by atoms with van der Waals surface area (Å²) in [5.41, 5.74) is 2.73. The monoisotopic (exact) mass is 259 g/mol. The molecule has 1 aromatic heterocycles. The molecule has 0 aliphatic rings. The summed E-state index contributed by atoms with van der Waals surface area (Å²) in [5.74, 6) is 0. The second-order valence-electron chi connectivity index (χ2n) is 6.27. The van der Waals surface area contributed by atoms with Crippen LogP contribution in [0.5, 0.6) is 0 Å². The Kier molecular flexibility index (Phi) is 4.27. The minimum atomic E-state index is 0.177. The summed E-state index contributed by atoms with van der Waals surface area (Å²) >= 11 is 0. The van der Waals surface area contributed by atoms with Crippen molar-refractivity contribution in [2.75, 3.05) is 6.54 Å². The van der Waals surface area contributed by atoms with Crippen LogP contribution in [0.1, 0.15) is 33.3 Å². The predicted octanol–water partition coefficient (Wildman–Crippen LogP) is 3.03. The van der Waals surface area contributed by atoms with E-state index in [1.807, 2.05) is 6.20 Å². The van der Waals surface area contributed by atoms with E-state index >= 15 is 0 Å². The molecule has 19 heavy (non-hydrogen) atoms. The molecule has 3 heteroatoms. The Balaban J connectivity index is 1.90. The predicted molar refractivity (Wildman–Crippen MR) is 82.4 cm³/mol. The first-order valence-corrected chi connectivity index (χ1v) is 6.99. The van der Waals surface area contributed by atoms with Gasteiger partial charge < -0.3 is 15.6 Å². The molecular weight excluding hydrogens is 234 g/mol. The third-order valence-electron chi connectivity index (χ3n) is 3.26. The number of fused-ring (bicyclic) bond motifs is 1. The molecule has 0 spiro atoms. The lowest BCUT2D eigenvalue weighted by Gasteiger charge is -2.24. The maximum absolute atomic E-state index is 3.58. The van der Waals surface area contributed by atoms with Gasteiger partial charge in [-0.1, -0.05) is 12.1 Å². The number of hydrogen-bond acceptors (Lipinski definition) is 2. The van der Waals surface area contributed by atoms with Crippen LogP contribution in [0.2, 0.25) is 0 Å². The summed E-state index contributed by atoms with van der Waals surface area (Å²) in [4.78, 5) is 3.25. The molecule has 2 rings (SSSR count). The third kappa shape index (κ3) is 4.08. The van der Waals surface area contributed by atoms with Gasteiger partial charge in [0.15, 0.2) is 0 Å². The average molecular weight is 259 g/mol. The number of benzene rings is 1. The molecule has 1 unspecified atom stereocenters. The standard InChI is InChI=1S/C16H25N3/c1-12(10-19-16(2,3)4)18-11-13-6-5-7-15-14(13)8-9-17-15/h5-9,12,17-19H,10-11H2,1-4H3. The second-order valence-corrected chi connectivity index (χ2v) is 6.27. The molecular formula is C16H25N3. The Labute approximate surface area is 115 Å². The lowest BCUT2D eigenvalue weighted by atomic mass is 10.1. The maximum atomic E-state index is 3.58. The SMILES string of the molecule is CC(CNC(C)(C)C)NCc1cccc2[nH]ccc12. The van der Waals surface area contributed by atoms with Gasteiger partial charge in [0.25, 0.3) is 0 Å². The topological polar surface area (TPSA) is 39.8 Å². The first-order valence-electron chi connectivity index (χ1n) is 6.99. The molecule has 1 atom stereocenters. The van der Waals surface area contributed by atoms with Gasteiger partial charge in [0, 0.05) is 41.8 Å². The van der Waals surface area contributed by atoms with Gasteiger partial charge in [0.1, 0.15) is 0 Å². The van der Waals surface area contributed by atoms with E-state index < -0.39 is 0 Å². The summed E-state index contributed by atoms with van der Waals surface area (Å²) < 4.78 is 0. The van der Waals surface area contributed by atoms with E-state index in [1.54, 1.807) is 0 Å². The van der Waals surface area contributed by atoms with Gasteiger partial charge in [-0.25, -0.2) is 0 Å². The summed E-state index contributed by atoms with van der Waals surface area (Å²) in [5, 5.41) is 8.41. The van der Waals surface area contributed by atoms with E-state index in [2.05, 4.69) is 67.6 Å². The minimum absolute atomic E-state index is 0.177. The fourth-order valence-electron chi connectivity index (χ4n) is 2.12. The molecule has 0 aliphatic carbocycles. The second kappa shape index (κ2) is 5.76. The molecule has 1 aromatic carbocycles. The summed E-state index contributed by atoms with van der Waals surface area (Å²) in [6.45, 7) is 10.7. The molecule has 2 aromatic rings. The van der Waals surface area contributed by atoms with Crippen molar-refractivity contribution in [2.24, 2.45) is 0 Å².